The molecule has 0 spiro atoms. The van der Waals surface area contributed by atoms with Crippen molar-refractivity contribution in [2.45, 2.75) is 84.0 Å². The summed E-state index contributed by atoms with van der Waals surface area (Å²) in [7, 11) is 0. The molecule has 0 heteroatoms. The molecule has 0 heterocycles. The van der Waals surface area contributed by atoms with E-state index in [1.807, 2.05) is 0 Å². The Balaban J connectivity index is 2.95. The van der Waals surface area contributed by atoms with Crippen molar-refractivity contribution in [1.82, 2.24) is 0 Å². The molecule has 1 radical (unpaired) electrons. The Morgan fingerprint density at radius 3 is 1.75 bits per heavy atom. The van der Waals surface area contributed by atoms with Crippen molar-refractivity contribution in [3.63, 3.8) is 0 Å². The van der Waals surface area contributed by atoms with Crippen molar-refractivity contribution >= 4 is 0 Å². The molecule has 0 aromatic carbocycles. The Kier molecular flexibility index (Phi) is 14.5. The van der Waals surface area contributed by atoms with Gasteiger partial charge in [0.1, 0.15) is 0 Å². The molecule has 16 heavy (non-hydrogen) atoms. The normalized spacial score (nSPS) is 11.4. The molecule has 0 bridgehead atoms. The minimum atomic E-state index is 1.07. The average Bonchev–Trinajstić information content (AvgIpc) is 2.31. The third kappa shape index (κ3) is 13.7. The van der Waals surface area contributed by atoms with Gasteiger partial charge in [-0.2, -0.15) is 0 Å². The third-order valence-electron chi connectivity index (χ3n) is 3.01. The SMILES string of the molecule is [CH2]CCC/C=C/CCCCCCCCCC. The van der Waals surface area contributed by atoms with E-state index in [1.54, 1.807) is 0 Å². The fraction of sp³-hybridized carbons (Fsp3) is 0.812. The van der Waals surface area contributed by atoms with E-state index >= 15 is 0 Å². The molecule has 0 aromatic heterocycles. The molecular weight excluding hydrogens is 192 g/mol. The van der Waals surface area contributed by atoms with E-state index in [9.17, 15) is 0 Å². The number of allylic oxidation sites excluding steroid dienone is 2. The van der Waals surface area contributed by atoms with Crippen molar-refractivity contribution in [3.05, 3.63) is 19.1 Å². The van der Waals surface area contributed by atoms with Gasteiger partial charge in [0.25, 0.3) is 0 Å². The summed E-state index contributed by atoms with van der Waals surface area (Å²) in [5.41, 5.74) is 0. The predicted molar refractivity (Wildman–Crippen MR) is 75.6 cm³/mol. The molecule has 0 aromatic rings. The van der Waals surface area contributed by atoms with Crippen LogP contribution in [-0.2, 0) is 0 Å². The van der Waals surface area contributed by atoms with Gasteiger partial charge in [0, 0.05) is 0 Å². The van der Waals surface area contributed by atoms with Gasteiger partial charge < -0.3 is 0 Å². The Hall–Kier alpha value is -0.260. The average molecular weight is 223 g/mol. The van der Waals surface area contributed by atoms with Gasteiger partial charge in [-0.15, -0.1) is 0 Å². The zero-order valence-corrected chi connectivity index (χ0v) is 11.3. The highest BCUT2D eigenvalue weighted by atomic mass is 14.0. The maximum Gasteiger partial charge on any atom is -0.0351 e. The summed E-state index contributed by atoms with van der Waals surface area (Å²) in [5.74, 6) is 0. The highest BCUT2D eigenvalue weighted by molar-refractivity contribution is 4.81. The van der Waals surface area contributed by atoms with E-state index in [1.165, 1.54) is 70.6 Å². The number of unbranched alkanes of at least 4 members (excludes halogenated alkanes) is 10. The first-order valence-electron chi connectivity index (χ1n) is 7.36. The van der Waals surface area contributed by atoms with Crippen molar-refractivity contribution < 1.29 is 0 Å². The maximum absolute atomic E-state index is 3.84. The van der Waals surface area contributed by atoms with E-state index in [-0.39, 0.29) is 0 Å². The minimum absolute atomic E-state index is 1.07. The molecule has 0 aliphatic heterocycles. The lowest BCUT2D eigenvalue weighted by Gasteiger charge is -1.99. The Labute approximate surface area is 104 Å². The van der Waals surface area contributed by atoms with E-state index in [2.05, 4.69) is 26.0 Å². The highest BCUT2D eigenvalue weighted by Gasteiger charge is 1.90. The van der Waals surface area contributed by atoms with Crippen molar-refractivity contribution in [2.24, 2.45) is 0 Å². The van der Waals surface area contributed by atoms with Crippen LogP contribution in [0.15, 0.2) is 12.2 Å². The van der Waals surface area contributed by atoms with E-state index in [0.29, 0.717) is 0 Å². The van der Waals surface area contributed by atoms with Crippen LogP contribution in [0.2, 0.25) is 0 Å². The van der Waals surface area contributed by atoms with Crippen molar-refractivity contribution in [2.75, 3.05) is 0 Å². The van der Waals surface area contributed by atoms with Crippen LogP contribution in [0.5, 0.6) is 0 Å². The van der Waals surface area contributed by atoms with Gasteiger partial charge in [0.2, 0.25) is 0 Å². The van der Waals surface area contributed by atoms with Crippen molar-refractivity contribution in [3.8, 4) is 0 Å². The van der Waals surface area contributed by atoms with Crippen LogP contribution in [0, 0.1) is 6.92 Å². The highest BCUT2D eigenvalue weighted by Crippen LogP contribution is 2.09. The van der Waals surface area contributed by atoms with E-state index in [4.69, 9.17) is 0 Å². The second kappa shape index (κ2) is 14.7. The first-order valence-corrected chi connectivity index (χ1v) is 7.36. The van der Waals surface area contributed by atoms with Gasteiger partial charge in [-0.3, -0.25) is 0 Å². The molecular formula is C16H31. The van der Waals surface area contributed by atoms with Gasteiger partial charge in [-0.1, -0.05) is 77.4 Å². The first kappa shape index (κ1) is 15.7. The maximum atomic E-state index is 3.84. The monoisotopic (exact) mass is 223 g/mol. The second-order valence-electron chi connectivity index (χ2n) is 4.73. The summed E-state index contributed by atoms with van der Waals surface area (Å²) >= 11 is 0. The summed E-state index contributed by atoms with van der Waals surface area (Å²) in [4.78, 5) is 0. The molecule has 0 rings (SSSR count). The van der Waals surface area contributed by atoms with Crippen LogP contribution < -0.4 is 0 Å². The smallest absolute Gasteiger partial charge is 0.0351 e. The Bertz CT molecular complexity index is 135. The zero-order valence-electron chi connectivity index (χ0n) is 11.3. The summed E-state index contributed by atoms with van der Waals surface area (Å²) in [5, 5.41) is 0. The largest absolute Gasteiger partial charge is 0.0885 e. The molecule has 0 nitrogen and oxygen atoms in total. The van der Waals surface area contributed by atoms with Gasteiger partial charge in [0.15, 0.2) is 0 Å². The third-order valence-corrected chi connectivity index (χ3v) is 3.01. The number of hydrogen-bond acceptors (Lipinski definition) is 0. The molecule has 95 valence electrons. The molecule has 0 atom stereocenters. The molecule has 0 N–H and O–H groups in total. The lowest BCUT2D eigenvalue weighted by Crippen LogP contribution is -1.80. The quantitative estimate of drug-likeness (QED) is 0.278. The van der Waals surface area contributed by atoms with E-state index in [0.717, 1.165) is 6.42 Å². The molecule has 0 amide bonds. The van der Waals surface area contributed by atoms with Gasteiger partial charge in [-0.05, 0) is 25.7 Å². The van der Waals surface area contributed by atoms with Crippen LogP contribution in [0.1, 0.15) is 84.0 Å². The topological polar surface area (TPSA) is 0 Å². The minimum Gasteiger partial charge on any atom is -0.0885 e. The van der Waals surface area contributed by atoms with E-state index < -0.39 is 0 Å². The lowest BCUT2D eigenvalue weighted by atomic mass is 10.1. The van der Waals surface area contributed by atoms with Gasteiger partial charge in [-0.25, -0.2) is 0 Å². The number of hydrogen-bond donors (Lipinski definition) is 0. The van der Waals surface area contributed by atoms with Crippen molar-refractivity contribution in [1.29, 1.82) is 0 Å². The van der Waals surface area contributed by atoms with Crippen LogP contribution in [0.25, 0.3) is 0 Å². The van der Waals surface area contributed by atoms with Crippen LogP contribution >= 0.6 is 0 Å². The molecule has 0 saturated carbocycles. The summed E-state index contributed by atoms with van der Waals surface area (Å²) in [6, 6.07) is 0. The van der Waals surface area contributed by atoms with Crippen LogP contribution in [0.4, 0.5) is 0 Å². The fourth-order valence-electron chi connectivity index (χ4n) is 1.89. The van der Waals surface area contributed by atoms with Crippen LogP contribution in [0.3, 0.4) is 0 Å². The molecule has 0 saturated heterocycles. The Morgan fingerprint density at radius 1 is 0.688 bits per heavy atom. The fourth-order valence-corrected chi connectivity index (χ4v) is 1.89. The zero-order chi connectivity index (χ0) is 11.9. The summed E-state index contributed by atoms with van der Waals surface area (Å²) in [6.45, 7) is 6.12. The first-order chi connectivity index (χ1) is 7.91. The summed E-state index contributed by atoms with van der Waals surface area (Å²) in [6.07, 6.45) is 20.9. The van der Waals surface area contributed by atoms with Gasteiger partial charge >= 0.3 is 0 Å². The Morgan fingerprint density at radius 2 is 1.19 bits per heavy atom. The second-order valence-corrected chi connectivity index (χ2v) is 4.73. The van der Waals surface area contributed by atoms with Crippen LogP contribution in [-0.4, -0.2) is 0 Å². The van der Waals surface area contributed by atoms with Gasteiger partial charge in [0.05, 0.1) is 0 Å². The summed E-state index contributed by atoms with van der Waals surface area (Å²) < 4.78 is 0. The molecule has 0 fully saturated rings. The standard InChI is InChI=1S/C16H31/c1-3-5-7-9-11-13-15-16-14-12-10-8-6-4-2/h9,11H,1,3-8,10,12-16H2,2H3/b11-9+. The predicted octanol–water partition coefficient (Wildman–Crippen LogP) is 6.08. The molecule has 0 aliphatic carbocycles. The molecule has 0 unspecified atom stereocenters. The lowest BCUT2D eigenvalue weighted by molar-refractivity contribution is 0.577. The number of rotatable bonds is 12. The molecule has 0 aliphatic rings.